The second-order valence-corrected chi connectivity index (χ2v) is 4.44. The van der Waals surface area contributed by atoms with Gasteiger partial charge in [0.2, 0.25) is 5.89 Å². The maximum absolute atomic E-state index is 10.9. The zero-order chi connectivity index (χ0) is 14.0. The Labute approximate surface area is 111 Å². The number of anilines is 1. The van der Waals surface area contributed by atoms with Crippen LogP contribution in [-0.4, -0.2) is 16.1 Å². The molecule has 1 aromatic carbocycles. The number of carbonyl (C=O) groups is 1. The fourth-order valence-electron chi connectivity index (χ4n) is 1.81. The average molecular weight is 260 g/mol. The van der Waals surface area contributed by atoms with Crippen LogP contribution in [0, 0.1) is 20.8 Å². The summed E-state index contributed by atoms with van der Waals surface area (Å²) in [5, 5.41) is 12.1. The Morgan fingerprint density at radius 3 is 2.63 bits per heavy atom. The first-order chi connectivity index (χ1) is 8.97. The van der Waals surface area contributed by atoms with Crippen molar-refractivity contribution in [1.82, 2.24) is 4.98 Å². The molecule has 0 aliphatic heterocycles. The van der Waals surface area contributed by atoms with Crippen LogP contribution in [0.1, 0.15) is 33.3 Å². The molecule has 0 spiro atoms. The monoisotopic (exact) mass is 260 g/mol. The van der Waals surface area contributed by atoms with Gasteiger partial charge in [0, 0.05) is 5.69 Å². The lowest BCUT2D eigenvalue weighted by Gasteiger charge is -2.07. The topological polar surface area (TPSA) is 75.4 Å². The molecule has 2 N–H and O–H groups in total. The molecule has 19 heavy (non-hydrogen) atoms. The van der Waals surface area contributed by atoms with Crippen molar-refractivity contribution >= 4 is 11.7 Å². The molecule has 0 saturated heterocycles. The van der Waals surface area contributed by atoms with Crippen LogP contribution in [0.25, 0.3) is 0 Å². The highest BCUT2D eigenvalue weighted by Crippen LogP contribution is 2.16. The van der Waals surface area contributed by atoms with Crippen molar-refractivity contribution in [3.63, 3.8) is 0 Å². The van der Waals surface area contributed by atoms with E-state index in [1.165, 1.54) is 0 Å². The molecule has 2 rings (SSSR count). The summed E-state index contributed by atoms with van der Waals surface area (Å²) >= 11 is 0. The van der Waals surface area contributed by atoms with Crippen molar-refractivity contribution in [3.05, 3.63) is 46.7 Å². The number of hydrogen-bond donors (Lipinski definition) is 2. The van der Waals surface area contributed by atoms with Gasteiger partial charge in [-0.1, -0.05) is 0 Å². The lowest BCUT2D eigenvalue weighted by atomic mass is 10.1. The molecule has 0 radical (unpaired) electrons. The standard InChI is InChI=1S/C14H16N2O3/c1-8-6-11(4-5-12(8)14(17)18)15-7-13-16-9(2)10(3)19-13/h4-6,15H,7H2,1-3H3,(H,17,18). The zero-order valence-corrected chi connectivity index (χ0v) is 11.2. The Balaban J connectivity index is 2.08. The second kappa shape index (κ2) is 5.14. The van der Waals surface area contributed by atoms with Crippen molar-refractivity contribution < 1.29 is 14.3 Å². The van der Waals surface area contributed by atoms with Crippen LogP contribution >= 0.6 is 0 Å². The second-order valence-electron chi connectivity index (χ2n) is 4.44. The minimum absolute atomic E-state index is 0.313. The highest BCUT2D eigenvalue weighted by atomic mass is 16.4. The fraction of sp³-hybridized carbons (Fsp3) is 0.286. The molecule has 0 amide bonds. The van der Waals surface area contributed by atoms with Gasteiger partial charge in [0.05, 0.1) is 17.8 Å². The number of aromatic carboxylic acids is 1. The number of oxazole rings is 1. The van der Waals surface area contributed by atoms with Crippen LogP contribution in [0.15, 0.2) is 22.6 Å². The van der Waals surface area contributed by atoms with Gasteiger partial charge in [0.15, 0.2) is 0 Å². The summed E-state index contributed by atoms with van der Waals surface area (Å²) in [6.07, 6.45) is 0. The van der Waals surface area contributed by atoms with Crippen LogP contribution in [-0.2, 0) is 6.54 Å². The van der Waals surface area contributed by atoms with Crippen molar-refractivity contribution in [2.75, 3.05) is 5.32 Å². The lowest BCUT2D eigenvalue weighted by molar-refractivity contribution is 0.0696. The molecule has 0 atom stereocenters. The minimum Gasteiger partial charge on any atom is -0.478 e. The first kappa shape index (κ1) is 13.1. The maximum atomic E-state index is 10.9. The molecule has 0 aliphatic carbocycles. The Morgan fingerprint density at radius 1 is 1.37 bits per heavy atom. The van der Waals surface area contributed by atoms with Crippen molar-refractivity contribution in [1.29, 1.82) is 0 Å². The molecular formula is C14H16N2O3. The van der Waals surface area contributed by atoms with E-state index in [0.717, 1.165) is 22.7 Å². The van der Waals surface area contributed by atoms with Gasteiger partial charge in [-0.15, -0.1) is 0 Å². The smallest absolute Gasteiger partial charge is 0.335 e. The molecular weight excluding hydrogens is 244 g/mol. The molecule has 0 fully saturated rings. The van der Waals surface area contributed by atoms with E-state index in [-0.39, 0.29) is 0 Å². The third-order valence-corrected chi connectivity index (χ3v) is 2.97. The summed E-state index contributed by atoms with van der Waals surface area (Å²) in [6.45, 7) is 6.01. The molecule has 0 bridgehead atoms. The van der Waals surface area contributed by atoms with E-state index in [1.54, 1.807) is 25.1 Å². The molecule has 0 saturated carbocycles. The van der Waals surface area contributed by atoms with Crippen LogP contribution < -0.4 is 5.32 Å². The molecule has 5 nitrogen and oxygen atoms in total. The Hall–Kier alpha value is -2.30. The van der Waals surface area contributed by atoms with Gasteiger partial charge in [-0.2, -0.15) is 0 Å². The molecule has 100 valence electrons. The van der Waals surface area contributed by atoms with Crippen LogP contribution in [0.2, 0.25) is 0 Å². The molecule has 5 heteroatoms. The highest BCUT2D eigenvalue weighted by Gasteiger charge is 2.08. The van der Waals surface area contributed by atoms with Crippen LogP contribution in [0.3, 0.4) is 0 Å². The minimum atomic E-state index is -0.914. The summed E-state index contributed by atoms with van der Waals surface area (Å²) < 4.78 is 5.46. The summed E-state index contributed by atoms with van der Waals surface area (Å²) in [5.41, 5.74) is 2.76. The van der Waals surface area contributed by atoms with Gasteiger partial charge in [-0.3, -0.25) is 0 Å². The summed E-state index contributed by atoms with van der Waals surface area (Å²) in [5.74, 6) is 0.521. The number of nitrogens with zero attached hydrogens (tertiary/aromatic N) is 1. The van der Waals surface area contributed by atoms with Crippen molar-refractivity contribution in [2.45, 2.75) is 27.3 Å². The van der Waals surface area contributed by atoms with E-state index in [0.29, 0.717) is 18.0 Å². The third-order valence-electron chi connectivity index (χ3n) is 2.97. The largest absolute Gasteiger partial charge is 0.478 e. The number of rotatable bonds is 4. The summed E-state index contributed by atoms with van der Waals surface area (Å²) in [4.78, 5) is 15.2. The number of benzene rings is 1. The van der Waals surface area contributed by atoms with Gasteiger partial charge in [-0.25, -0.2) is 9.78 Å². The van der Waals surface area contributed by atoms with E-state index in [1.807, 2.05) is 13.8 Å². The SMILES string of the molecule is Cc1cc(NCc2nc(C)c(C)o2)ccc1C(=O)O. The predicted octanol–water partition coefficient (Wildman–Crippen LogP) is 2.91. The maximum Gasteiger partial charge on any atom is 0.335 e. The first-order valence-corrected chi connectivity index (χ1v) is 5.98. The van der Waals surface area contributed by atoms with Gasteiger partial charge in [0.25, 0.3) is 0 Å². The van der Waals surface area contributed by atoms with Gasteiger partial charge in [-0.05, 0) is 44.5 Å². The van der Waals surface area contributed by atoms with Crippen LogP contribution in [0.4, 0.5) is 5.69 Å². The van der Waals surface area contributed by atoms with E-state index >= 15 is 0 Å². The van der Waals surface area contributed by atoms with Crippen molar-refractivity contribution in [3.8, 4) is 0 Å². The third kappa shape index (κ3) is 2.93. The van der Waals surface area contributed by atoms with Gasteiger partial charge >= 0.3 is 5.97 Å². The molecule has 1 aromatic heterocycles. The number of nitrogens with one attached hydrogen (secondary N) is 1. The summed E-state index contributed by atoms with van der Waals surface area (Å²) in [7, 11) is 0. The Kier molecular flexibility index (Phi) is 3.55. The number of hydrogen-bond acceptors (Lipinski definition) is 4. The zero-order valence-electron chi connectivity index (χ0n) is 11.2. The quantitative estimate of drug-likeness (QED) is 0.884. The Morgan fingerprint density at radius 2 is 2.11 bits per heavy atom. The number of carboxylic acid groups (broad SMARTS) is 1. The normalized spacial score (nSPS) is 10.5. The predicted molar refractivity (Wildman–Crippen MR) is 71.4 cm³/mol. The van der Waals surface area contributed by atoms with Crippen molar-refractivity contribution in [2.24, 2.45) is 0 Å². The fourth-order valence-corrected chi connectivity index (χ4v) is 1.81. The summed E-state index contributed by atoms with van der Waals surface area (Å²) in [6, 6.07) is 5.12. The number of aryl methyl sites for hydroxylation is 3. The number of carboxylic acids is 1. The average Bonchev–Trinajstić information content (AvgIpc) is 2.66. The van der Waals surface area contributed by atoms with E-state index in [4.69, 9.17) is 9.52 Å². The first-order valence-electron chi connectivity index (χ1n) is 5.98. The molecule has 1 heterocycles. The van der Waals surface area contributed by atoms with Gasteiger partial charge < -0.3 is 14.8 Å². The number of aromatic nitrogens is 1. The molecule has 2 aromatic rings. The lowest BCUT2D eigenvalue weighted by Crippen LogP contribution is -2.03. The van der Waals surface area contributed by atoms with Crippen LogP contribution in [0.5, 0.6) is 0 Å². The van der Waals surface area contributed by atoms with E-state index in [9.17, 15) is 4.79 Å². The van der Waals surface area contributed by atoms with E-state index < -0.39 is 5.97 Å². The van der Waals surface area contributed by atoms with Gasteiger partial charge in [0.1, 0.15) is 5.76 Å². The Bertz CT molecular complexity index is 598. The highest BCUT2D eigenvalue weighted by molar-refractivity contribution is 5.89. The molecule has 0 unspecified atom stereocenters. The van der Waals surface area contributed by atoms with E-state index in [2.05, 4.69) is 10.3 Å². The molecule has 0 aliphatic rings.